The van der Waals surface area contributed by atoms with E-state index in [1.165, 1.54) is 0 Å². The Morgan fingerprint density at radius 1 is 1.53 bits per heavy atom. The molecule has 0 radical (unpaired) electrons. The zero-order valence-electron chi connectivity index (χ0n) is 11.9. The number of sulfone groups is 1. The maximum Gasteiger partial charge on any atom is 0.150 e. The van der Waals surface area contributed by atoms with Crippen LogP contribution in [0.15, 0.2) is 12.4 Å². The van der Waals surface area contributed by atoms with Crippen LogP contribution in [0.4, 0.5) is 0 Å². The molecule has 1 saturated heterocycles. The van der Waals surface area contributed by atoms with Crippen LogP contribution in [0.2, 0.25) is 0 Å². The average molecular weight is 285 g/mol. The molecule has 2 rings (SSSR count). The fraction of sp³-hybridized carbons (Fsp3) is 0.769. The lowest BCUT2D eigenvalue weighted by molar-refractivity contribution is 0.301. The van der Waals surface area contributed by atoms with Gasteiger partial charge in [0.15, 0.2) is 9.84 Å². The Balaban J connectivity index is 2.15. The molecular formula is C13H23N3O2S. The Kier molecular flexibility index (Phi) is 4.01. The summed E-state index contributed by atoms with van der Waals surface area (Å²) in [5.74, 6) is 0.599. The van der Waals surface area contributed by atoms with E-state index >= 15 is 0 Å². The minimum Gasteiger partial charge on any atom is -0.314 e. The molecule has 1 N–H and O–H groups in total. The summed E-state index contributed by atoms with van der Waals surface area (Å²) in [6.07, 6.45) is 5.33. The van der Waals surface area contributed by atoms with Crippen LogP contribution in [0.5, 0.6) is 0 Å². The van der Waals surface area contributed by atoms with Gasteiger partial charge in [-0.3, -0.25) is 4.68 Å². The van der Waals surface area contributed by atoms with Crippen molar-refractivity contribution in [2.45, 2.75) is 32.7 Å². The van der Waals surface area contributed by atoms with E-state index in [4.69, 9.17) is 0 Å². The highest BCUT2D eigenvalue weighted by Crippen LogP contribution is 2.35. The van der Waals surface area contributed by atoms with Gasteiger partial charge in [0.2, 0.25) is 0 Å². The number of rotatable bonds is 5. The number of hydrogen-bond acceptors (Lipinski definition) is 4. The van der Waals surface area contributed by atoms with E-state index in [9.17, 15) is 8.42 Å². The van der Waals surface area contributed by atoms with E-state index < -0.39 is 9.84 Å². The van der Waals surface area contributed by atoms with Crippen LogP contribution in [-0.2, 0) is 23.3 Å². The Labute approximate surface area is 115 Å². The predicted molar refractivity (Wildman–Crippen MR) is 75.8 cm³/mol. The van der Waals surface area contributed by atoms with E-state index in [0.29, 0.717) is 11.8 Å². The highest BCUT2D eigenvalue weighted by atomic mass is 32.2. The summed E-state index contributed by atoms with van der Waals surface area (Å²) in [6.45, 7) is 4.92. The van der Waals surface area contributed by atoms with Crippen molar-refractivity contribution < 1.29 is 8.42 Å². The van der Waals surface area contributed by atoms with Crippen molar-refractivity contribution in [1.29, 1.82) is 0 Å². The number of hydrogen-bond donors (Lipinski definition) is 1. The summed E-state index contributed by atoms with van der Waals surface area (Å²) in [6, 6.07) is 0.370. The fourth-order valence-electron chi connectivity index (χ4n) is 2.74. The van der Waals surface area contributed by atoms with Gasteiger partial charge in [-0.15, -0.1) is 0 Å². The molecule has 1 aliphatic heterocycles. The van der Waals surface area contributed by atoms with Crippen LogP contribution >= 0.6 is 0 Å². The molecule has 1 aliphatic rings. The third-order valence-corrected chi connectivity index (χ3v) is 5.57. The summed E-state index contributed by atoms with van der Waals surface area (Å²) in [4.78, 5) is 0. The highest BCUT2D eigenvalue weighted by molar-refractivity contribution is 7.91. The van der Waals surface area contributed by atoms with Gasteiger partial charge in [0.05, 0.1) is 17.7 Å². The summed E-state index contributed by atoms with van der Waals surface area (Å²) in [7, 11) is -0.999. The van der Waals surface area contributed by atoms with Crippen LogP contribution in [-0.4, -0.2) is 42.3 Å². The Morgan fingerprint density at radius 2 is 2.26 bits per heavy atom. The van der Waals surface area contributed by atoms with Crippen LogP contribution in [0.1, 0.15) is 25.8 Å². The van der Waals surface area contributed by atoms with E-state index in [2.05, 4.69) is 24.3 Å². The van der Waals surface area contributed by atoms with Gasteiger partial charge in [0.25, 0.3) is 0 Å². The largest absolute Gasteiger partial charge is 0.314 e. The Morgan fingerprint density at radius 3 is 2.74 bits per heavy atom. The van der Waals surface area contributed by atoms with Gasteiger partial charge < -0.3 is 5.32 Å². The van der Waals surface area contributed by atoms with Crippen molar-refractivity contribution in [3.8, 4) is 0 Å². The third-order valence-electron chi connectivity index (χ3n) is 3.69. The van der Waals surface area contributed by atoms with Crippen molar-refractivity contribution in [3.05, 3.63) is 18.0 Å². The van der Waals surface area contributed by atoms with Gasteiger partial charge in [0, 0.05) is 31.2 Å². The molecule has 1 aromatic heterocycles. The SMILES string of the molecule is CC(C)NCC1(Cc2cnn(C)c2)CCS(=O)(=O)C1. The summed E-state index contributed by atoms with van der Waals surface area (Å²) >= 11 is 0. The van der Waals surface area contributed by atoms with Gasteiger partial charge in [-0.25, -0.2) is 8.42 Å². The number of nitrogens with one attached hydrogen (secondary N) is 1. The number of aromatic nitrogens is 2. The second kappa shape index (κ2) is 5.25. The molecular weight excluding hydrogens is 262 g/mol. The zero-order valence-corrected chi connectivity index (χ0v) is 12.7. The molecule has 1 unspecified atom stereocenters. The normalized spacial score (nSPS) is 26.1. The van der Waals surface area contributed by atoms with Gasteiger partial charge in [-0.2, -0.15) is 5.10 Å². The molecule has 5 nitrogen and oxygen atoms in total. The number of nitrogens with zero attached hydrogens (tertiary/aromatic N) is 2. The molecule has 0 amide bonds. The first kappa shape index (κ1) is 14.5. The molecule has 108 valence electrons. The topological polar surface area (TPSA) is 64.0 Å². The molecule has 1 aromatic rings. The first-order valence-electron chi connectivity index (χ1n) is 6.72. The lowest BCUT2D eigenvalue weighted by atomic mass is 9.81. The average Bonchev–Trinajstić information content (AvgIpc) is 2.81. The standard InChI is InChI=1S/C13H23N3O2S/c1-11(2)14-9-13(4-5-19(17,18)10-13)6-12-7-15-16(3)8-12/h7-8,11,14H,4-6,9-10H2,1-3H3. The summed E-state index contributed by atoms with van der Waals surface area (Å²) < 4.78 is 25.4. The first-order valence-corrected chi connectivity index (χ1v) is 8.54. The predicted octanol–water partition coefficient (Wildman–Crippen LogP) is 0.766. The van der Waals surface area contributed by atoms with Gasteiger partial charge in [-0.1, -0.05) is 13.8 Å². The van der Waals surface area contributed by atoms with Crippen molar-refractivity contribution in [1.82, 2.24) is 15.1 Å². The van der Waals surface area contributed by atoms with Crippen molar-refractivity contribution >= 4 is 9.84 Å². The van der Waals surface area contributed by atoms with E-state index in [-0.39, 0.29) is 11.2 Å². The fourth-order valence-corrected chi connectivity index (χ4v) is 4.91. The summed E-state index contributed by atoms with van der Waals surface area (Å²) in [5, 5.41) is 7.57. The third kappa shape index (κ3) is 3.79. The molecule has 6 heteroatoms. The van der Waals surface area contributed by atoms with Crippen molar-refractivity contribution in [3.63, 3.8) is 0 Å². The Bertz CT molecular complexity index is 536. The minimum atomic E-state index is -2.88. The van der Waals surface area contributed by atoms with Crippen LogP contribution < -0.4 is 5.32 Å². The van der Waals surface area contributed by atoms with Gasteiger partial charge >= 0.3 is 0 Å². The van der Waals surface area contributed by atoms with Gasteiger partial charge in [-0.05, 0) is 18.4 Å². The van der Waals surface area contributed by atoms with Crippen LogP contribution in [0, 0.1) is 5.41 Å². The maximum absolute atomic E-state index is 11.8. The maximum atomic E-state index is 11.8. The second-order valence-corrected chi connectivity index (χ2v) is 8.26. The van der Waals surface area contributed by atoms with Crippen molar-refractivity contribution in [2.75, 3.05) is 18.1 Å². The molecule has 1 atom stereocenters. The molecule has 0 spiro atoms. The Hall–Kier alpha value is -0.880. The molecule has 2 heterocycles. The molecule has 0 aromatic carbocycles. The smallest absolute Gasteiger partial charge is 0.150 e. The quantitative estimate of drug-likeness (QED) is 0.868. The first-order chi connectivity index (χ1) is 8.80. The molecule has 19 heavy (non-hydrogen) atoms. The van der Waals surface area contributed by atoms with E-state index in [0.717, 1.165) is 24.9 Å². The second-order valence-electron chi connectivity index (χ2n) is 6.08. The molecule has 0 saturated carbocycles. The summed E-state index contributed by atoms with van der Waals surface area (Å²) in [5.41, 5.74) is 0.941. The van der Waals surface area contributed by atoms with E-state index in [1.54, 1.807) is 4.68 Å². The van der Waals surface area contributed by atoms with E-state index in [1.807, 2.05) is 19.4 Å². The monoisotopic (exact) mass is 285 g/mol. The molecule has 1 fully saturated rings. The minimum absolute atomic E-state index is 0.174. The lowest BCUT2D eigenvalue weighted by Gasteiger charge is -2.28. The zero-order chi connectivity index (χ0) is 14.1. The van der Waals surface area contributed by atoms with Crippen LogP contribution in [0.25, 0.3) is 0 Å². The van der Waals surface area contributed by atoms with Gasteiger partial charge in [0.1, 0.15) is 0 Å². The highest BCUT2D eigenvalue weighted by Gasteiger charge is 2.42. The van der Waals surface area contributed by atoms with Crippen molar-refractivity contribution in [2.24, 2.45) is 12.5 Å². The molecule has 0 bridgehead atoms. The molecule has 0 aliphatic carbocycles. The lowest BCUT2D eigenvalue weighted by Crippen LogP contribution is -2.40. The number of aryl methyl sites for hydroxylation is 1. The van der Waals surface area contributed by atoms with Crippen LogP contribution in [0.3, 0.4) is 0 Å².